The molecule has 2 radical (unpaired) electrons. The summed E-state index contributed by atoms with van der Waals surface area (Å²) in [7, 11) is 0. The van der Waals surface area contributed by atoms with E-state index in [2.05, 4.69) is 0 Å². The van der Waals surface area contributed by atoms with Crippen LogP contribution in [0.25, 0.3) is 0 Å². The van der Waals surface area contributed by atoms with E-state index in [-0.39, 0.29) is 56.9 Å². The molecule has 0 aliphatic carbocycles. The average Bonchev–Trinajstić information content (AvgIpc) is 0.918. The second-order valence-electron chi connectivity index (χ2n) is 0.0962. The van der Waals surface area contributed by atoms with Crippen molar-refractivity contribution >= 4 is 33.8 Å². The molecule has 0 bridgehead atoms. The Morgan fingerprint density at radius 1 is 1.60 bits per heavy atom. The normalized spacial score (nSPS) is 2.40. The van der Waals surface area contributed by atoms with Crippen molar-refractivity contribution in [2.75, 3.05) is 0 Å². The van der Waals surface area contributed by atoms with Crippen LogP contribution in [0.2, 0.25) is 0 Å². The van der Waals surface area contributed by atoms with E-state index in [1.54, 1.807) is 0 Å². The summed E-state index contributed by atoms with van der Waals surface area (Å²) in [5.41, 5.74) is 0. The van der Waals surface area contributed by atoms with Gasteiger partial charge in [-0.15, -0.1) is 0 Å². The van der Waals surface area contributed by atoms with Gasteiger partial charge in [0.2, 0.25) is 0 Å². The molecule has 5 heavy (non-hydrogen) atoms. The number of carbonyl (C=O) groups is 1. The van der Waals surface area contributed by atoms with E-state index in [0.717, 1.165) is 0 Å². The number of carbonyl (C=O) groups excluding carboxylic acids is 1. The third-order valence-electron chi connectivity index (χ3n) is 0. The fraction of sp³-hybridized carbons (Fsp3) is 0. The molecule has 0 amide bonds. The Labute approximate surface area is 72.4 Å². The molecule has 0 aromatic rings. The van der Waals surface area contributed by atoms with Crippen LogP contribution >= 0.6 is 0 Å². The predicted octanol–water partition coefficient (Wildman–Crippen LogP) is -5.55. The molecular formula is CH3NaO2Pb. The minimum absolute atomic E-state index is 0. The molecule has 0 fully saturated rings. The quantitative estimate of drug-likeness (QED) is 0.327. The van der Waals surface area contributed by atoms with Crippen LogP contribution in [-0.2, 0) is 4.79 Å². The van der Waals surface area contributed by atoms with Gasteiger partial charge in [-0.3, -0.25) is 0 Å². The van der Waals surface area contributed by atoms with Gasteiger partial charge in [-0.2, -0.15) is 0 Å². The molecule has 0 rings (SSSR count). The first kappa shape index (κ1) is 16.2. The molecule has 0 spiro atoms. The predicted molar refractivity (Wildman–Crippen MR) is 14.6 cm³/mol. The Balaban J connectivity index is -0.0000000200. The summed E-state index contributed by atoms with van der Waals surface area (Å²) in [5.74, 6) is 0. The number of hydrogen-bond acceptors (Lipinski definition) is 2. The fourth-order valence-electron chi connectivity index (χ4n) is 0. The first-order valence-electron chi connectivity index (χ1n) is 0.471. The summed E-state index contributed by atoms with van der Waals surface area (Å²) in [6, 6.07) is 0. The van der Waals surface area contributed by atoms with E-state index in [1.807, 2.05) is 0 Å². The van der Waals surface area contributed by atoms with Crippen molar-refractivity contribution in [1.82, 2.24) is 0 Å². The zero-order valence-corrected chi connectivity index (χ0v) is 10.6. The molecule has 4 heteroatoms. The van der Waals surface area contributed by atoms with E-state index >= 15 is 0 Å². The van der Waals surface area contributed by atoms with Gasteiger partial charge in [0.25, 0.3) is 0 Å². The van der Waals surface area contributed by atoms with Gasteiger partial charge in [-0.1, -0.05) is 0 Å². The molecule has 0 aliphatic rings. The summed E-state index contributed by atoms with van der Waals surface area (Å²) in [4.78, 5) is 8.25. The van der Waals surface area contributed by atoms with Gasteiger partial charge < -0.3 is 9.90 Å². The van der Waals surface area contributed by atoms with Crippen LogP contribution in [0.1, 0.15) is 0 Å². The summed E-state index contributed by atoms with van der Waals surface area (Å²) in [6.07, 6.45) is 0. The molecule has 0 N–H and O–H groups in total. The Morgan fingerprint density at radius 3 is 1.60 bits per heavy atom. The van der Waals surface area contributed by atoms with E-state index < -0.39 is 6.47 Å². The Kier molecular flexibility index (Phi) is 58.7. The minimum atomic E-state index is -0.500. The third-order valence-corrected chi connectivity index (χ3v) is 0. The molecule has 0 aliphatic heterocycles. The molecule has 0 aromatic heterocycles. The van der Waals surface area contributed by atoms with Crippen molar-refractivity contribution < 1.29 is 39.5 Å². The van der Waals surface area contributed by atoms with Gasteiger partial charge in [0.15, 0.2) is 0 Å². The van der Waals surface area contributed by atoms with E-state index in [9.17, 15) is 0 Å². The maximum atomic E-state index is 8.25. The maximum absolute atomic E-state index is 8.25. The van der Waals surface area contributed by atoms with Crippen LogP contribution < -0.4 is 34.7 Å². The van der Waals surface area contributed by atoms with Gasteiger partial charge in [0.1, 0.15) is 0 Å². The van der Waals surface area contributed by atoms with Gasteiger partial charge in [-0.25, -0.2) is 0 Å². The first-order chi connectivity index (χ1) is 1.41. The molecule has 0 atom stereocenters. The fourth-order valence-corrected chi connectivity index (χ4v) is 0. The first-order valence-corrected chi connectivity index (χ1v) is 0.471. The summed E-state index contributed by atoms with van der Waals surface area (Å²) in [5, 5.41) is 8.25. The van der Waals surface area contributed by atoms with E-state index in [1.165, 1.54) is 0 Å². The van der Waals surface area contributed by atoms with E-state index in [4.69, 9.17) is 9.90 Å². The van der Waals surface area contributed by atoms with Crippen molar-refractivity contribution in [3.8, 4) is 0 Å². The van der Waals surface area contributed by atoms with Crippen LogP contribution in [-0.4, -0.2) is 33.8 Å². The molecule has 0 aromatic carbocycles. The average molecular weight is 277 g/mol. The second-order valence-corrected chi connectivity index (χ2v) is 0.0962. The van der Waals surface area contributed by atoms with Crippen molar-refractivity contribution in [2.24, 2.45) is 0 Å². The third kappa shape index (κ3) is 32.0. The standard InChI is InChI=1S/CH2O2.Na.Pb.2H/c2-1-3;;;;/h1H,(H,2,3);;;;/q;+1;;;/p-1. The van der Waals surface area contributed by atoms with Gasteiger partial charge >= 0.3 is 56.9 Å². The molecular weight excluding hydrogens is 274 g/mol. The van der Waals surface area contributed by atoms with E-state index in [0.29, 0.717) is 0 Å². The van der Waals surface area contributed by atoms with Crippen LogP contribution in [0.3, 0.4) is 0 Å². The van der Waals surface area contributed by atoms with Crippen LogP contribution in [0, 0.1) is 0 Å². The molecule has 24 valence electrons. The molecule has 0 heterocycles. The zero-order valence-electron chi connectivity index (χ0n) is 3.10. The SMILES string of the molecule is O=C[O-].[Na+].[PbH2]. The van der Waals surface area contributed by atoms with Gasteiger partial charge in [0.05, 0.1) is 0 Å². The van der Waals surface area contributed by atoms with Crippen LogP contribution in [0.5, 0.6) is 0 Å². The Bertz CT molecular complexity index is 17.1. The zero-order chi connectivity index (χ0) is 2.71. The number of hydrogen-bond donors (Lipinski definition) is 0. The van der Waals surface area contributed by atoms with Crippen molar-refractivity contribution in [3.63, 3.8) is 0 Å². The van der Waals surface area contributed by atoms with Crippen LogP contribution in [0.4, 0.5) is 0 Å². The molecule has 0 saturated heterocycles. The van der Waals surface area contributed by atoms with Crippen molar-refractivity contribution in [3.05, 3.63) is 0 Å². The van der Waals surface area contributed by atoms with Gasteiger partial charge in [-0.05, 0) is 0 Å². The van der Waals surface area contributed by atoms with Gasteiger partial charge in [0, 0.05) is 6.47 Å². The number of carboxylic acid groups (broad SMARTS) is 1. The van der Waals surface area contributed by atoms with Crippen molar-refractivity contribution in [1.29, 1.82) is 0 Å². The topological polar surface area (TPSA) is 40.1 Å². The molecule has 0 unspecified atom stereocenters. The summed E-state index contributed by atoms with van der Waals surface area (Å²) >= 11 is 0. The second kappa shape index (κ2) is 18.2. The molecule has 0 saturated carbocycles. The Hall–Kier alpha value is 1.39. The number of rotatable bonds is 0. The monoisotopic (exact) mass is 278 g/mol. The summed E-state index contributed by atoms with van der Waals surface area (Å²) < 4.78 is 0. The Morgan fingerprint density at radius 2 is 1.60 bits per heavy atom. The van der Waals surface area contributed by atoms with Crippen molar-refractivity contribution in [2.45, 2.75) is 0 Å². The van der Waals surface area contributed by atoms with Crippen LogP contribution in [0.15, 0.2) is 0 Å². The molecule has 2 nitrogen and oxygen atoms in total. The summed E-state index contributed by atoms with van der Waals surface area (Å²) in [6.45, 7) is -0.500.